The average Bonchev–Trinajstić information content (AvgIpc) is 2.95. The molecule has 0 spiro atoms. The predicted molar refractivity (Wildman–Crippen MR) is 84.9 cm³/mol. The summed E-state index contributed by atoms with van der Waals surface area (Å²) >= 11 is 0. The van der Waals surface area contributed by atoms with Crippen LogP contribution in [0.25, 0.3) is 0 Å². The fraction of sp³-hybridized carbons (Fsp3) is 0.333. The van der Waals surface area contributed by atoms with Crippen molar-refractivity contribution in [3.63, 3.8) is 0 Å². The number of rotatable bonds is 4. The quantitative estimate of drug-likeness (QED) is 0.920. The van der Waals surface area contributed by atoms with E-state index < -0.39 is 0 Å². The third-order valence-corrected chi connectivity index (χ3v) is 4.17. The van der Waals surface area contributed by atoms with Crippen LogP contribution in [0.2, 0.25) is 0 Å². The van der Waals surface area contributed by atoms with Gasteiger partial charge in [-0.15, -0.1) is 0 Å². The molecule has 0 unspecified atom stereocenters. The number of benzene rings is 2. The zero-order valence-electron chi connectivity index (χ0n) is 12.1. The minimum atomic E-state index is 0.598. The van der Waals surface area contributed by atoms with E-state index in [0.29, 0.717) is 6.54 Å². The second-order valence-electron chi connectivity index (χ2n) is 5.69. The van der Waals surface area contributed by atoms with Crippen LogP contribution in [0, 0.1) is 0 Å². The maximum Gasteiger partial charge on any atom is 0.0426 e. The fourth-order valence-electron chi connectivity index (χ4n) is 3.01. The topological polar surface area (TPSA) is 29.3 Å². The molecule has 0 saturated heterocycles. The summed E-state index contributed by atoms with van der Waals surface area (Å²) in [7, 11) is 2.14. The lowest BCUT2D eigenvalue weighted by Crippen LogP contribution is -2.16. The SMILES string of the molecule is CN(Cc1ccc2c(c1)CCC2)c1cccc(CN)c1. The molecule has 1 aliphatic rings. The summed E-state index contributed by atoms with van der Waals surface area (Å²) < 4.78 is 0. The molecule has 2 aromatic carbocycles. The zero-order chi connectivity index (χ0) is 13.9. The minimum Gasteiger partial charge on any atom is -0.370 e. The molecule has 0 radical (unpaired) electrons. The largest absolute Gasteiger partial charge is 0.370 e. The summed E-state index contributed by atoms with van der Waals surface area (Å²) in [4.78, 5) is 2.29. The summed E-state index contributed by atoms with van der Waals surface area (Å²) in [5.41, 5.74) is 12.6. The fourth-order valence-corrected chi connectivity index (χ4v) is 3.01. The Bertz CT molecular complexity index is 604. The lowest BCUT2D eigenvalue weighted by Gasteiger charge is -2.20. The van der Waals surface area contributed by atoms with Gasteiger partial charge in [0.05, 0.1) is 0 Å². The Labute approximate surface area is 121 Å². The van der Waals surface area contributed by atoms with Crippen molar-refractivity contribution in [3.05, 3.63) is 64.7 Å². The second kappa shape index (κ2) is 5.68. The van der Waals surface area contributed by atoms with Gasteiger partial charge in [0.25, 0.3) is 0 Å². The van der Waals surface area contributed by atoms with E-state index in [9.17, 15) is 0 Å². The standard InChI is InChI=1S/C18H22N2/c1-20(18-7-2-4-14(11-18)12-19)13-15-8-9-16-5-3-6-17(16)10-15/h2,4,7-11H,3,5-6,12-13,19H2,1H3. The maximum absolute atomic E-state index is 5.71. The van der Waals surface area contributed by atoms with Gasteiger partial charge in [-0.05, 0) is 53.6 Å². The molecular formula is C18H22N2. The first kappa shape index (κ1) is 13.2. The highest BCUT2D eigenvalue weighted by Crippen LogP contribution is 2.24. The first-order chi connectivity index (χ1) is 9.76. The first-order valence-corrected chi connectivity index (χ1v) is 7.37. The molecule has 2 N–H and O–H groups in total. The molecule has 104 valence electrons. The maximum atomic E-state index is 5.71. The number of hydrogen-bond acceptors (Lipinski definition) is 2. The van der Waals surface area contributed by atoms with Gasteiger partial charge in [-0.2, -0.15) is 0 Å². The Balaban J connectivity index is 1.76. The summed E-state index contributed by atoms with van der Waals surface area (Å²) in [5.74, 6) is 0. The molecule has 0 aromatic heterocycles. The van der Waals surface area contributed by atoms with Crippen molar-refractivity contribution in [1.29, 1.82) is 0 Å². The van der Waals surface area contributed by atoms with Crippen molar-refractivity contribution < 1.29 is 0 Å². The van der Waals surface area contributed by atoms with Gasteiger partial charge < -0.3 is 10.6 Å². The van der Waals surface area contributed by atoms with Crippen LogP contribution in [-0.4, -0.2) is 7.05 Å². The van der Waals surface area contributed by atoms with Crippen molar-refractivity contribution in [1.82, 2.24) is 0 Å². The smallest absolute Gasteiger partial charge is 0.0426 e. The van der Waals surface area contributed by atoms with Gasteiger partial charge in [-0.25, -0.2) is 0 Å². The molecule has 3 rings (SSSR count). The Morgan fingerprint density at radius 3 is 2.70 bits per heavy atom. The van der Waals surface area contributed by atoms with Gasteiger partial charge in [0.2, 0.25) is 0 Å². The molecule has 2 aromatic rings. The lowest BCUT2D eigenvalue weighted by molar-refractivity contribution is 0.906. The third-order valence-electron chi connectivity index (χ3n) is 4.17. The van der Waals surface area contributed by atoms with Crippen LogP contribution in [-0.2, 0) is 25.9 Å². The summed E-state index contributed by atoms with van der Waals surface area (Å²) in [6.45, 7) is 1.54. The molecule has 1 aliphatic carbocycles. The highest BCUT2D eigenvalue weighted by Gasteiger charge is 2.11. The normalized spacial score (nSPS) is 13.3. The molecule has 0 fully saturated rings. The number of anilines is 1. The van der Waals surface area contributed by atoms with Crippen molar-refractivity contribution in [2.75, 3.05) is 11.9 Å². The van der Waals surface area contributed by atoms with Crippen molar-refractivity contribution in [2.24, 2.45) is 5.73 Å². The molecule has 20 heavy (non-hydrogen) atoms. The summed E-state index contributed by atoms with van der Waals surface area (Å²) in [5, 5.41) is 0. The molecule has 2 heteroatoms. The molecular weight excluding hydrogens is 244 g/mol. The van der Waals surface area contributed by atoms with Crippen LogP contribution in [0.4, 0.5) is 5.69 Å². The Kier molecular flexibility index (Phi) is 3.75. The van der Waals surface area contributed by atoms with Crippen LogP contribution in [0.3, 0.4) is 0 Å². The molecule has 0 saturated carbocycles. The summed E-state index contributed by atoms with van der Waals surface area (Å²) in [6, 6.07) is 15.4. The molecule has 0 atom stereocenters. The molecule has 2 nitrogen and oxygen atoms in total. The minimum absolute atomic E-state index is 0.598. The number of hydrogen-bond donors (Lipinski definition) is 1. The number of aryl methyl sites for hydroxylation is 2. The van der Waals surface area contributed by atoms with E-state index >= 15 is 0 Å². The number of fused-ring (bicyclic) bond motifs is 1. The molecule has 0 heterocycles. The van der Waals surface area contributed by atoms with E-state index in [0.717, 1.165) is 6.54 Å². The lowest BCUT2D eigenvalue weighted by atomic mass is 10.1. The van der Waals surface area contributed by atoms with Crippen LogP contribution in [0.15, 0.2) is 42.5 Å². The zero-order valence-corrected chi connectivity index (χ0v) is 12.1. The first-order valence-electron chi connectivity index (χ1n) is 7.37. The van der Waals surface area contributed by atoms with Gasteiger partial charge in [0.15, 0.2) is 0 Å². The Morgan fingerprint density at radius 2 is 1.85 bits per heavy atom. The van der Waals surface area contributed by atoms with Crippen LogP contribution < -0.4 is 10.6 Å². The van der Waals surface area contributed by atoms with E-state index in [1.807, 2.05) is 0 Å². The van der Waals surface area contributed by atoms with Gasteiger partial charge in [0.1, 0.15) is 0 Å². The van der Waals surface area contributed by atoms with Gasteiger partial charge in [-0.1, -0.05) is 30.3 Å². The molecule has 0 amide bonds. The van der Waals surface area contributed by atoms with Crippen molar-refractivity contribution in [3.8, 4) is 0 Å². The monoisotopic (exact) mass is 266 g/mol. The Morgan fingerprint density at radius 1 is 1.00 bits per heavy atom. The van der Waals surface area contributed by atoms with Crippen molar-refractivity contribution in [2.45, 2.75) is 32.4 Å². The van der Waals surface area contributed by atoms with Crippen LogP contribution in [0.1, 0.15) is 28.7 Å². The van der Waals surface area contributed by atoms with E-state index in [1.54, 1.807) is 11.1 Å². The average molecular weight is 266 g/mol. The van der Waals surface area contributed by atoms with Crippen molar-refractivity contribution >= 4 is 5.69 Å². The highest BCUT2D eigenvalue weighted by atomic mass is 15.1. The van der Waals surface area contributed by atoms with Gasteiger partial charge in [0, 0.05) is 25.8 Å². The van der Waals surface area contributed by atoms with Crippen LogP contribution >= 0.6 is 0 Å². The Hall–Kier alpha value is -1.80. The third kappa shape index (κ3) is 2.70. The van der Waals surface area contributed by atoms with E-state index in [1.165, 1.54) is 36.1 Å². The van der Waals surface area contributed by atoms with E-state index in [2.05, 4.69) is 54.4 Å². The molecule has 0 bridgehead atoms. The number of nitrogens with two attached hydrogens (primary N) is 1. The summed E-state index contributed by atoms with van der Waals surface area (Å²) in [6.07, 6.45) is 3.81. The number of nitrogens with zero attached hydrogens (tertiary/aromatic N) is 1. The van der Waals surface area contributed by atoms with Gasteiger partial charge >= 0.3 is 0 Å². The van der Waals surface area contributed by atoms with Crippen LogP contribution in [0.5, 0.6) is 0 Å². The van der Waals surface area contributed by atoms with E-state index in [-0.39, 0.29) is 0 Å². The van der Waals surface area contributed by atoms with E-state index in [4.69, 9.17) is 5.73 Å². The highest BCUT2D eigenvalue weighted by molar-refractivity contribution is 5.49. The second-order valence-corrected chi connectivity index (χ2v) is 5.69. The molecule has 0 aliphatic heterocycles. The van der Waals surface area contributed by atoms with Gasteiger partial charge in [-0.3, -0.25) is 0 Å². The predicted octanol–water partition coefficient (Wildman–Crippen LogP) is 3.27.